The van der Waals surface area contributed by atoms with E-state index in [-0.39, 0.29) is 17.2 Å². The Morgan fingerprint density at radius 1 is 0.818 bits per heavy atom. The van der Waals surface area contributed by atoms with E-state index in [4.69, 9.17) is 11.5 Å². The van der Waals surface area contributed by atoms with Gasteiger partial charge >= 0.3 is 12.4 Å². The highest BCUT2D eigenvalue weighted by Crippen LogP contribution is 2.58. The molecule has 1 aliphatic carbocycles. The zero-order valence-electron chi connectivity index (χ0n) is 11.0. The molecule has 22 heavy (non-hydrogen) atoms. The minimum absolute atomic E-state index is 0.0579. The van der Waals surface area contributed by atoms with Gasteiger partial charge in [-0.25, -0.2) is 0 Å². The Bertz CT molecular complexity index is 596. The summed E-state index contributed by atoms with van der Waals surface area (Å²) >= 11 is 0. The monoisotopic (exact) mass is 322 g/mol. The predicted molar refractivity (Wildman–Crippen MR) is 69.2 cm³/mol. The highest BCUT2D eigenvalue weighted by Gasteiger charge is 2.77. The van der Waals surface area contributed by atoms with Crippen molar-refractivity contribution in [3.63, 3.8) is 0 Å². The van der Waals surface area contributed by atoms with Crippen LogP contribution in [0.5, 0.6) is 0 Å². The van der Waals surface area contributed by atoms with Gasteiger partial charge in [-0.2, -0.15) is 26.3 Å². The lowest BCUT2D eigenvalue weighted by molar-refractivity contribution is -0.336. The summed E-state index contributed by atoms with van der Waals surface area (Å²) in [5.74, 6) is 0. The number of hydrogen-bond donors (Lipinski definition) is 2. The van der Waals surface area contributed by atoms with Crippen molar-refractivity contribution < 1.29 is 26.3 Å². The molecule has 4 N–H and O–H groups in total. The van der Waals surface area contributed by atoms with Crippen molar-refractivity contribution in [2.45, 2.75) is 18.0 Å². The molecule has 0 aromatic heterocycles. The molecule has 0 saturated heterocycles. The smallest absolute Gasteiger partial charge is 0.309 e. The quantitative estimate of drug-likeness (QED) is 0.615. The molecule has 0 saturated carbocycles. The van der Waals surface area contributed by atoms with Gasteiger partial charge in [0.05, 0.1) is 0 Å². The summed E-state index contributed by atoms with van der Waals surface area (Å²) in [5, 5.41) is 0. The topological polar surface area (TPSA) is 52.0 Å². The van der Waals surface area contributed by atoms with Gasteiger partial charge in [0.15, 0.2) is 0 Å². The number of benzene rings is 1. The molecule has 0 bridgehead atoms. The Kier molecular flexibility index (Phi) is 3.65. The van der Waals surface area contributed by atoms with Gasteiger partial charge in [0.1, 0.15) is 5.66 Å². The normalized spacial score (nSPS) is 20.6. The maximum Gasteiger partial charge on any atom is 0.410 e. The van der Waals surface area contributed by atoms with Crippen LogP contribution < -0.4 is 11.5 Å². The summed E-state index contributed by atoms with van der Waals surface area (Å²) in [6.45, 7) is 0. The average molecular weight is 322 g/mol. The van der Waals surface area contributed by atoms with Gasteiger partial charge in [-0.1, -0.05) is 36.4 Å². The third kappa shape index (κ3) is 2.32. The molecule has 0 fully saturated rings. The first-order valence-electron chi connectivity index (χ1n) is 6.11. The van der Waals surface area contributed by atoms with Gasteiger partial charge in [-0.05, 0) is 23.3 Å². The van der Waals surface area contributed by atoms with E-state index in [2.05, 4.69) is 0 Å². The molecule has 0 atom stereocenters. The summed E-state index contributed by atoms with van der Waals surface area (Å²) in [6.07, 6.45) is -9.76. The van der Waals surface area contributed by atoms with Crippen LogP contribution in [0, 0.1) is 5.41 Å². The molecular formula is C14H12F6N2. The van der Waals surface area contributed by atoms with Gasteiger partial charge in [-0.15, -0.1) is 0 Å². The van der Waals surface area contributed by atoms with Crippen molar-refractivity contribution in [3.8, 4) is 0 Å². The van der Waals surface area contributed by atoms with Gasteiger partial charge in [0.25, 0.3) is 0 Å². The van der Waals surface area contributed by atoms with E-state index in [9.17, 15) is 26.3 Å². The van der Waals surface area contributed by atoms with E-state index < -0.39 is 23.4 Å². The largest absolute Gasteiger partial charge is 0.410 e. The second-order valence-corrected chi connectivity index (χ2v) is 5.04. The third-order valence-corrected chi connectivity index (χ3v) is 3.60. The van der Waals surface area contributed by atoms with Gasteiger partial charge in [0.2, 0.25) is 5.41 Å². The zero-order chi connectivity index (χ0) is 16.8. The molecule has 0 spiro atoms. The predicted octanol–water partition coefficient (Wildman–Crippen LogP) is 3.36. The highest BCUT2D eigenvalue weighted by atomic mass is 19.4. The minimum Gasteiger partial charge on any atom is -0.309 e. The van der Waals surface area contributed by atoms with Crippen molar-refractivity contribution >= 4 is 5.57 Å². The molecule has 1 aliphatic rings. The molecule has 2 rings (SSSR count). The van der Waals surface area contributed by atoms with Crippen LogP contribution in [0.1, 0.15) is 5.56 Å². The number of alkyl halides is 6. The molecular weight excluding hydrogens is 310 g/mol. The second kappa shape index (κ2) is 4.85. The highest BCUT2D eigenvalue weighted by molar-refractivity contribution is 5.77. The van der Waals surface area contributed by atoms with Crippen LogP contribution in [0.2, 0.25) is 0 Å². The van der Waals surface area contributed by atoms with Gasteiger partial charge < -0.3 is 11.5 Å². The van der Waals surface area contributed by atoms with Crippen LogP contribution in [0.3, 0.4) is 0 Å². The van der Waals surface area contributed by atoms with Crippen LogP contribution in [-0.4, -0.2) is 18.0 Å². The van der Waals surface area contributed by atoms with Gasteiger partial charge in [-0.3, -0.25) is 0 Å². The fraction of sp³-hybridized carbons (Fsp3) is 0.286. The van der Waals surface area contributed by atoms with Crippen molar-refractivity contribution in [2.75, 3.05) is 0 Å². The number of nitrogens with two attached hydrogens (primary N) is 2. The Morgan fingerprint density at radius 3 is 1.77 bits per heavy atom. The Labute approximate surface area is 122 Å². The zero-order valence-corrected chi connectivity index (χ0v) is 11.0. The fourth-order valence-electron chi connectivity index (χ4n) is 2.39. The summed E-state index contributed by atoms with van der Waals surface area (Å²) in [4.78, 5) is 0. The Hall–Kier alpha value is -1.80. The number of allylic oxidation sites excluding steroid dienone is 2. The number of rotatable bonds is 1. The second-order valence-electron chi connectivity index (χ2n) is 5.04. The summed E-state index contributed by atoms with van der Waals surface area (Å²) in [6, 6.07) is 7.38. The Morgan fingerprint density at radius 2 is 1.32 bits per heavy atom. The molecule has 0 amide bonds. The minimum atomic E-state index is -5.71. The van der Waals surface area contributed by atoms with Crippen molar-refractivity contribution in [3.05, 3.63) is 54.1 Å². The summed E-state index contributed by atoms with van der Waals surface area (Å²) < 4.78 is 79.9. The van der Waals surface area contributed by atoms with E-state index in [1.54, 1.807) is 6.07 Å². The fourth-order valence-corrected chi connectivity index (χ4v) is 2.39. The van der Waals surface area contributed by atoms with Crippen LogP contribution in [0.4, 0.5) is 26.3 Å². The Balaban J connectivity index is 2.73. The maximum absolute atomic E-state index is 13.3. The van der Waals surface area contributed by atoms with Crippen LogP contribution in [0.25, 0.3) is 5.57 Å². The van der Waals surface area contributed by atoms with E-state index in [0.29, 0.717) is 6.08 Å². The van der Waals surface area contributed by atoms with Crippen LogP contribution in [0.15, 0.2) is 48.6 Å². The molecule has 1 aromatic rings. The van der Waals surface area contributed by atoms with Crippen molar-refractivity contribution in [1.29, 1.82) is 0 Å². The SMILES string of the molecule is NC1(N)C=CC(c2ccccc2)=CC1(C(F)(F)F)C(F)(F)F. The number of halogens is 6. The summed E-state index contributed by atoms with van der Waals surface area (Å²) in [5.41, 5.74) is 2.80. The first-order valence-corrected chi connectivity index (χ1v) is 6.11. The van der Waals surface area contributed by atoms with E-state index in [1.165, 1.54) is 24.3 Å². The molecule has 1 aromatic carbocycles. The van der Waals surface area contributed by atoms with Crippen molar-refractivity contribution in [2.24, 2.45) is 16.9 Å². The molecule has 0 radical (unpaired) electrons. The molecule has 0 aliphatic heterocycles. The standard InChI is InChI=1S/C14H12F6N2/c15-13(16,17)11(14(18,19)20)8-10(6-7-12(11,21)22)9-4-2-1-3-5-9/h1-8H,21-22H2. The lowest BCUT2D eigenvalue weighted by Gasteiger charge is -2.46. The molecule has 0 unspecified atom stereocenters. The van der Waals surface area contributed by atoms with E-state index >= 15 is 0 Å². The lowest BCUT2D eigenvalue weighted by Crippen LogP contribution is -2.72. The average Bonchev–Trinajstić information content (AvgIpc) is 2.36. The molecule has 8 heteroatoms. The maximum atomic E-state index is 13.3. The lowest BCUT2D eigenvalue weighted by atomic mass is 9.69. The van der Waals surface area contributed by atoms with Crippen LogP contribution >= 0.6 is 0 Å². The molecule has 2 nitrogen and oxygen atoms in total. The summed E-state index contributed by atoms with van der Waals surface area (Å²) in [7, 11) is 0. The molecule has 0 heterocycles. The van der Waals surface area contributed by atoms with E-state index in [1.807, 2.05) is 0 Å². The third-order valence-electron chi connectivity index (χ3n) is 3.60. The van der Waals surface area contributed by atoms with Crippen molar-refractivity contribution in [1.82, 2.24) is 0 Å². The van der Waals surface area contributed by atoms with Crippen LogP contribution in [-0.2, 0) is 0 Å². The van der Waals surface area contributed by atoms with Gasteiger partial charge in [0, 0.05) is 0 Å². The first kappa shape index (κ1) is 16.6. The first-order chi connectivity index (χ1) is 9.92. The molecule has 120 valence electrons. The van der Waals surface area contributed by atoms with E-state index in [0.717, 1.165) is 6.08 Å². The number of hydrogen-bond acceptors (Lipinski definition) is 2.